The molecule has 0 aliphatic rings. The molecule has 0 saturated carbocycles. The van der Waals surface area contributed by atoms with Crippen molar-refractivity contribution in [2.24, 2.45) is 0 Å². The molecule has 1 N–H and O–H groups in total. The van der Waals surface area contributed by atoms with E-state index in [2.05, 4.69) is 5.32 Å². The van der Waals surface area contributed by atoms with Gasteiger partial charge in [0.2, 0.25) is 0 Å². The van der Waals surface area contributed by atoms with Gasteiger partial charge in [-0.25, -0.2) is 0 Å². The van der Waals surface area contributed by atoms with Gasteiger partial charge in [-0.3, -0.25) is 9.59 Å². The predicted octanol–water partition coefficient (Wildman–Crippen LogP) is 8.43. The van der Waals surface area contributed by atoms with Gasteiger partial charge in [-0.15, -0.1) is 0 Å². The second-order valence-electron chi connectivity index (χ2n) is 10.0. The minimum Gasteiger partial charge on any atom is -0.495 e. The summed E-state index contributed by atoms with van der Waals surface area (Å²) in [5, 5.41) is 3.45. The minimum atomic E-state index is -0.285. The first kappa shape index (κ1) is 29.4. The van der Waals surface area contributed by atoms with E-state index in [-0.39, 0.29) is 11.8 Å². The van der Waals surface area contributed by atoms with Crippen LogP contribution in [-0.4, -0.2) is 26.0 Å². The Balaban J connectivity index is 1.36. The van der Waals surface area contributed by atoms with E-state index in [9.17, 15) is 9.59 Å². The van der Waals surface area contributed by atoms with Gasteiger partial charge in [0.15, 0.2) is 0 Å². The Kier molecular flexibility index (Phi) is 9.08. The highest BCUT2D eigenvalue weighted by Gasteiger charge is 2.21. The smallest absolute Gasteiger partial charge is 0.258 e. The molecule has 0 aliphatic heterocycles. The molecule has 5 aromatic rings. The van der Waals surface area contributed by atoms with Crippen molar-refractivity contribution in [3.8, 4) is 22.6 Å². The lowest BCUT2D eigenvalue weighted by atomic mass is 9.98. The van der Waals surface area contributed by atoms with Crippen molar-refractivity contribution in [2.75, 3.05) is 24.4 Å². The standard InChI is InChI=1S/C36H31ClN2O4/c1-24-13-15-26(16-14-24)29-11-7-8-12-30(29)35(40)38-31-19-17-27(21-33(31)42-3)36(41)39(2)32-20-18-28(37)22-34(32)43-23-25-9-5-4-6-10-25/h4-22H,23H2,1-3H3,(H,38,40). The summed E-state index contributed by atoms with van der Waals surface area (Å²) in [4.78, 5) is 28.5. The first-order chi connectivity index (χ1) is 20.8. The first-order valence-corrected chi connectivity index (χ1v) is 14.1. The number of amides is 2. The van der Waals surface area contributed by atoms with E-state index >= 15 is 0 Å². The van der Waals surface area contributed by atoms with Gasteiger partial charge in [-0.2, -0.15) is 0 Å². The molecule has 0 atom stereocenters. The second kappa shape index (κ2) is 13.3. The van der Waals surface area contributed by atoms with Gasteiger partial charge in [0.05, 0.1) is 18.5 Å². The highest BCUT2D eigenvalue weighted by molar-refractivity contribution is 6.30. The topological polar surface area (TPSA) is 67.9 Å². The predicted molar refractivity (Wildman–Crippen MR) is 173 cm³/mol. The van der Waals surface area contributed by atoms with Gasteiger partial charge >= 0.3 is 0 Å². The Labute approximate surface area is 256 Å². The Bertz CT molecular complexity index is 1750. The molecule has 0 fully saturated rings. The molecular formula is C36H31ClN2O4. The third-order valence-corrected chi connectivity index (χ3v) is 7.29. The monoisotopic (exact) mass is 590 g/mol. The van der Waals surface area contributed by atoms with Crippen molar-refractivity contribution >= 4 is 34.8 Å². The molecule has 0 unspecified atom stereocenters. The van der Waals surface area contributed by atoms with Crippen LogP contribution in [0.3, 0.4) is 0 Å². The Hall–Kier alpha value is -5.07. The van der Waals surface area contributed by atoms with Gasteiger partial charge in [-0.05, 0) is 60.0 Å². The van der Waals surface area contributed by atoms with Crippen LogP contribution < -0.4 is 19.7 Å². The summed E-state index contributed by atoms with van der Waals surface area (Å²) in [5.41, 5.74) is 5.81. The van der Waals surface area contributed by atoms with Gasteiger partial charge in [0, 0.05) is 29.3 Å². The van der Waals surface area contributed by atoms with Crippen LogP contribution in [0.25, 0.3) is 11.1 Å². The number of methoxy groups -OCH3 is 1. The Morgan fingerprint density at radius 2 is 1.53 bits per heavy atom. The lowest BCUT2D eigenvalue weighted by Crippen LogP contribution is -2.27. The lowest BCUT2D eigenvalue weighted by Gasteiger charge is -2.22. The van der Waals surface area contributed by atoms with Crippen LogP contribution in [0.4, 0.5) is 11.4 Å². The highest BCUT2D eigenvalue weighted by atomic mass is 35.5. The summed E-state index contributed by atoms with van der Waals surface area (Å²) >= 11 is 6.26. The average molecular weight is 591 g/mol. The van der Waals surface area contributed by atoms with Gasteiger partial charge in [0.1, 0.15) is 18.1 Å². The van der Waals surface area contributed by atoms with E-state index < -0.39 is 0 Å². The molecule has 0 spiro atoms. The molecule has 216 valence electrons. The average Bonchev–Trinajstić information content (AvgIpc) is 3.04. The third kappa shape index (κ3) is 6.88. The SMILES string of the molecule is COc1cc(C(=O)N(C)c2ccc(Cl)cc2OCc2ccccc2)ccc1NC(=O)c1ccccc1-c1ccc(C)cc1. The fraction of sp³-hybridized carbons (Fsp3) is 0.111. The van der Waals surface area contributed by atoms with Crippen LogP contribution in [0.1, 0.15) is 31.8 Å². The Morgan fingerprint density at radius 3 is 2.28 bits per heavy atom. The van der Waals surface area contributed by atoms with Crippen LogP contribution in [0.5, 0.6) is 11.5 Å². The van der Waals surface area contributed by atoms with E-state index in [4.69, 9.17) is 21.1 Å². The maximum atomic E-state index is 13.6. The Morgan fingerprint density at radius 1 is 0.814 bits per heavy atom. The number of benzene rings is 5. The zero-order valence-electron chi connectivity index (χ0n) is 24.1. The molecule has 5 rings (SSSR count). The summed E-state index contributed by atoms with van der Waals surface area (Å²) in [5.74, 6) is 0.271. The van der Waals surface area contributed by atoms with Crippen molar-refractivity contribution in [3.05, 3.63) is 143 Å². The molecule has 5 aromatic carbocycles. The van der Waals surface area contributed by atoms with Crippen LogP contribution >= 0.6 is 11.6 Å². The molecule has 0 saturated heterocycles. The zero-order valence-corrected chi connectivity index (χ0v) is 24.9. The largest absolute Gasteiger partial charge is 0.495 e. The minimum absolute atomic E-state index is 0.284. The summed E-state index contributed by atoms with van der Waals surface area (Å²) in [6, 6.07) is 35.3. The summed E-state index contributed by atoms with van der Waals surface area (Å²) in [6.07, 6.45) is 0. The van der Waals surface area contributed by atoms with E-state index in [0.717, 1.165) is 22.3 Å². The van der Waals surface area contributed by atoms with Gasteiger partial charge in [-0.1, -0.05) is 90.0 Å². The number of anilines is 2. The number of rotatable bonds is 9. The van der Waals surface area contributed by atoms with Crippen LogP contribution in [0, 0.1) is 6.92 Å². The molecule has 0 bridgehead atoms. The maximum absolute atomic E-state index is 13.6. The van der Waals surface area contributed by atoms with Crippen LogP contribution in [-0.2, 0) is 6.61 Å². The van der Waals surface area contributed by atoms with E-state index in [1.165, 1.54) is 12.0 Å². The number of halogens is 1. The fourth-order valence-electron chi connectivity index (χ4n) is 4.70. The number of hydrogen-bond donors (Lipinski definition) is 1. The molecule has 2 amide bonds. The quantitative estimate of drug-likeness (QED) is 0.187. The summed E-state index contributed by atoms with van der Waals surface area (Å²) in [6.45, 7) is 2.35. The maximum Gasteiger partial charge on any atom is 0.258 e. The molecule has 7 heteroatoms. The van der Waals surface area contributed by atoms with Crippen LogP contribution in [0.2, 0.25) is 5.02 Å². The van der Waals surface area contributed by atoms with Gasteiger partial charge < -0.3 is 19.7 Å². The number of aryl methyl sites for hydroxylation is 1. The van der Waals surface area contributed by atoms with Crippen molar-refractivity contribution in [3.63, 3.8) is 0 Å². The molecule has 43 heavy (non-hydrogen) atoms. The van der Waals surface area contributed by atoms with Gasteiger partial charge in [0.25, 0.3) is 11.8 Å². The van der Waals surface area contributed by atoms with E-state index in [1.807, 2.05) is 79.7 Å². The second-order valence-corrected chi connectivity index (χ2v) is 10.5. The highest BCUT2D eigenvalue weighted by Crippen LogP contribution is 2.34. The number of ether oxygens (including phenoxy) is 2. The van der Waals surface area contributed by atoms with Crippen molar-refractivity contribution < 1.29 is 19.1 Å². The van der Waals surface area contributed by atoms with Crippen molar-refractivity contribution in [1.82, 2.24) is 0 Å². The first-order valence-electron chi connectivity index (χ1n) is 13.7. The van der Waals surface area contributed by atoms with Crippen LogP contribution in [0.15, 0.2) is 115 Å². The summed E-state index contributed by atoms with van der Waals surface area (Å²) in [7, 11) is 3.17. The zero-order chi connectivity index (χ0) is 30.3. The summed E-state index contributed by atoms with van der Waals surface area (Å²) < 4.78 is 11.6. The normalized spacial score (nSPS) is 10.6. The number of carbonyl (C=O) groups is 2. The number of hydrogen-bond acceptors (Lipinski definition) is 4. The molecular weight excluding hydrogens is 560 g/mol. The van der Waals surface area contributed by atoms with Crippen molar-refractivity contribution in [2.45, 2.75) is 13.5 Å². The third-order valence-electron chi connectivity index (χ3n) is 7.06. The van der Waals surface area contributed by atoms with Crippen molar-refractivity contribution in [1.29, 1.82) is 0 Å². The van der Waals surface area contributed by atoms with E-state index in [0.29, 0.717) is 45.6 Å². The lowest BCUT2D eigenvalue weighted by molar-refractivity contribution is 0.0990. The molecule has 0 heterocycles. The number of nitrogens with one attached hydrogen (secondary N) is 1. The molecule has 0 aromatic heterocycles. The fourth-order valence-corrected chi connectivity index (χ4v) is 4.86. The van der Waals surface area contributed by atoms with E-state index in [1.54, 1.807) is 49.5 Å². The molecule has 0 radical (unpaired) electrons. The number of nitrogens with zero attached hydrogens (tertiary/aromatic N) is 1. The molecule has 6 nitrogen and oxygen atoms in total. The molecule has 0 aliphatic carbocycles. The number of carbonyl (C=O) groups excluding carboxylic acids is 2.